The van der Waals surface area contributed by atoms with E-state index in [4.69, 9.17) is 0 Å². The maximum atomic E-state index is 13.5. The van der Waals surface area contributed by atoms with Gasteiger partial charge in [0.25, 0.3) is 5.91 Å². The Morgan fingerprint density at radius 1 is 1.07 bits per heavy atom. The Morgan fingerprint density at radius 2 is 1.73 bits per heavy atom. The van der Waals surface area contributed by atoms with Gasteiger partial charge in [-0.3, -0.25) is 19.5 Å². The van der Waals surface area contributed by atoms with Gasteiger partial charge in [0, 0.05) is 29.7 Å². The molecule has 2 aromatic rings. The van der Waals surface area contributed by atoms with Crippen LogP contribution >= 0.6 is 0 Å². The van der Waals surface area contributed by atoms with Gasteiger partial charge in [-0.1, -0.05) is 30.3 Å². The molecule has 0 unspecified atom stereocenters. The predicted molar refractivity (Wildman–Crippen MR) is 105 cm³/mol. The van der Waals surface area contributed by atoms with Gasteiger partial charge in [-0.2, -0.15) is 0 Å². The quantitative estimate of drug-likeness (QED) is 0.612. The van der Waals surface area contributed by atoms with Crippen LogP contribution in [-0.4, -0.2) is 45.6 Å². The molecule has 4 rings (SSSR count). The van der Waals surface area contributed by atoms with E-state index in [1.165, 1.54) is 0 Å². The number of nitrogens with zero attached hydrogens (tertiary/aromatic N) is 2. The van der Waals surface area contributed by atoms with Crippen molar-refractivity contribution in [3.8, 4) is 11.3 Å². The van der Waals surface area contributed by atoms with Crippen LogP contribution in [0, 0.1) is 6.92 Å². The highest BCUT2D eigenvalue weighted by Gasteiger charge is 2.55. The van der Waals surface area contributed by atoms with Crippen LogP contribution in [0.1, 0.15) is 41.7 Å². The largest absolute Gasteiger partial charge is 0.325 e. The molecule has 1 aliphatic carbocycles. The monoisotopic (exact) mass is 413 g/mol. The number of hydrogen-bond acceptors (Lipinski definition) is 4. The maximum absolute atomic E-state index is 13.5. The minimum absolute atomic E-state index is 0.131. The minimum Gasteiger partial charge on any atom is -0.323 e. The van der Waals surface area contributed by atoms with Crippen molar-refractivity contribution in [2.45, 2.75) is 44.1 Å². The average Bonchev–Trinajstić information content (AvgIpc) is 2.95. The number of imide groups is 1. The van der Waals surface area contributed by atoms with Gasteiger partial charge in [0.2, 0.25) is 5.92 Å². The second kappa shape index (κ2) is 7.27. The van der Waals surface area contributed by atoms with Crippen molar-refractivity contribution in [2.24, 2.45) is 0 Å². The van der Waals surface area contributed by atoms with Gasteiger partial charge in [0.1, 0.15) is 5.54 Å². The van der Waals surface area contributed by atoms with E-state index >= 15 is 0 Å². The summed E-state index contributed by atoms with van der Waals surface area (Å²) in [7, 11) is 0. The summed E-state index contributed by atoms with van der Waals surface area (Å²) in [6.07, 6.45) is -1.19. The van der Waals surface area contributed by atoms with Crippen LogP contribution in [0.4, 0.5) is 13.6 Å². The smallest absolute Gasteiger partial charge is 0.323 e. The molecule has 2 fully saturated rings. The van der Waals surface area contributed by atoms with E-state index in [-0.39, 0.29) is 12.8 Å². The molecule has 0 bridgehead atoms. The van der Waals surface area contributed by atoms with Gasteiger partial charge in [0.15, 0.2) is 5.78 Å². The van der Waals surface area contributed by atoms with E-state index in [0.717, 1.165) is 21.9 Å². The lowest BCUT2D eigenvalue weighted by Gasteiger charge is -2.34. The molecule has 3 amide bonds. The molecule has 1 spiro atoms. The zero-order chi connectivity index (χ0) is 21.5. The molecule has 8 heteroatoms. The van der Waals surface area contributed by atoms with Gasteiger partial charge in [0.05, 0.1) is 12.2 Å². The summed E-state index contributed by atoms with van der Waals surface area (Å²) in [6.45, 7) is 1.46. The highest BCUT2D eigenvalue weighted by molar-refractivity contribution is 6.11. The third kappa shape index (κ3) is 3.69. The van der Waals surface area contributed by atoms with Gasteiger partial charge in [-0.05, 0) is 31.9 Å². The first kappa shape index (κ1) is 20.1. The van der Waals surface area contributed by atoms with E-state index in [9.17, 15) is 23.2 Å². The number of pyridine rings is 1. The number of aryl methyl sites for hydroxylation is 1. The summed E-state index contributed by atoms with van der Waals surface area (Å²) >= 11 is 0. The molecule has 0 atom stereocenters. The molecular weight excluding hydrogens is 392 g/mol. The lowest BCUT2D eigenvalue weighted by molar-refractivity contribution is -0.135. The van der Waals surface area contributed by atoms with E-state index in [1.807, 2.05) is 25.1 Å². The number of urea groups is 1. The van der Waals surface area contributed by atoms with Gasteiger partial charge in [-0.15, -0.1) is 0 Å². The first-order valence-corrected chi connectivity index (χ1v) is 9.78. The third-order valence-corrected chi connectivity index (χ3v) is 5.77. The molecule has 6 nitrogen and oxygen atoms in total. The van der Waals surface area contributed by atoms with Crippen molar-refractivity contribution in [3.63, 3.8) is 0 Å². The van der Waals surface area contributed by atoms with Crippen LogP contribution in [0.15, 0.2) is 42.5 Å². The Balaban J connectivity index is 1.46. The molecule has 0 radical (unpaired) electrons. The zero-order valence-corrected chi connectivity index (χ0v) is 16.5. The molecule has 156 valence electrons. The van der Waals surface area contributed by atoms with E-state index in [2.05, 4.69) is 10.3 Å². The standard InChI is InChI=1S/C22H21F2N3O3/c1-14-3-2-4-17(25-14)15-5-7-16(8-6-15)18(28)13-27-19(29)21(26-20(27)30)9-11-22(23,24)12-10-21/h2-8H,9-13H2,1H3,(H,26,30). The Kier molecular flexibility index (Phi) is 4.88. The first-order valence-electron chi connectivity index (χ1n) is 9.78. The summed E-state index contributed by atoms with van der Waals surface area (Å²) in [5, 5.41) is 2.54. The second-order valence-corrected chi connectivity index (χ2v) is 7.92. The number of Topliss-reactive ketones (excluding diaryl/α,β-unsaturated/α-hetero) is 1. The van der Waals surface area contributed by atoms with Gasteiger partial charge < -0.3 is 5.32 Å². The number of nitrogens with one attached hydrogen (secondary N) is 1. The fourth-order valence-corrected chi connectivity index (χ4v) is 3.97. The van der Waals surface area contributed by atoms with Crippen molar-refractivity contribution in [1.82, 2.24) is 15.2 Å². The Labute approximate surface area is 172 Å². The van der Waals surface area contributed by atoms with Crippen molar-refractivity contribution in [2.75, 3.05) is 6.54 Å². The third-order valence-electron chi connectivity index (χ3n) is 5.77. The maximum Gasteiger partial charge on any atom is 0.325 e. The normalized spacial score (nSPS) is 19.8. The Morgan fingerprint density at radius 3 is 2.37 bits per heavy atom. The van der Waals surface area contributed by atoms with E-state index in [1.54, 1.807) is 24.3 Å². The number of amides is 3. The van der Waals surface area contributed by atoms with Crippen LogP contribution in [0.2, 0.25) is 0 Å². The fraction of sp³-hybridized carbons (Fsp3) is 0.364. The molecule has 2 heterocycles. The van der Waals surface area contributed by atoms with E-state index < -0.39 is 48.6 Å². The molecule has 30 heavy (non-hydrogen) atoms. The number of benzene rings is 1. The predicted octanol–water partition coefficient (Wildman–Crippen LogP) is 3.74. The Hall–Kier alpha value is -3.16. The van der Waals surface area contributed by atoms with Gasteiger partial charge in [-0.25, -0.2) is 13.6 Å². The SMILES string of the molecule is Cc1cccc(-c2ccc(C(=O)CN3C(=O)NC4(CCC(F)(F)CC4)C3=O)cc2)n1. The van der Waals surface area contributed by atoms with Crippen molar-refractivity contribution < 1.29 is 23.2 Å². The number of aromatic nitrogens is 1. The summed E-state index contributed by atoms with van der Waals surface area (Å²) in [5.74, 6) is -3.83. The first-order chi connectivity index (χ1) is 14.2. The topological polar surface area (TPSA) is 79.4 Å². The minimum atomic E-state index is -2.83. The number of alkyl halides is 2. The second-order valence-electron chi connectivity index (χ2n) is 7.92. The zero-order valence-electron chi connectivity index (χ0n) is 16.5. The Bertz CT molecular complexity index is 1010. The lowest BCUT2D eigenvalue weighted by atomic mass is 9.80. The van der Waals surface area contributed by atoms with Crippen LogP contribution in [0.5, 0.6) is 0 Å². The summed E-state index contributed by atoms with van der Waals surface area (Å²) in [6, 6.07) is 11.7. The van der Waals surface area contributed by atoms with Crippen LogP contribution < -0.4 is 5.32 Å². The fourth-order valence-electron chi connectivity index (χ4n) is 3.97. The van der Waals surface area contributed by atoms with Crippen LogP contribution in [0.3, 0.4) is 0 Å². The van der Waals surface area contributed by atoms with Crippen LogP contribution in [-0.2, 0) is 4.79 Å². The highest BCUT2D eigenvalue weighted by atomic mass is 19.3. The number of carbonyl (C=O) groups is 3. The van der Waals surface area contributed by atoms with Crippen LogP contribution in [0.25, 0.3) is 11.3 Å². The molecule has 1 aromatic carbocycles. The molecule has 1 N–H and O–H groups in total. The summed E-state index contributed by atoms with van der Waals surface area (Å²) < 4.78 is 26.9. The van der Waals surface area contributed by atoms with Crippen molar-refractivity contribution >= 4 is 17.7 Å². The molecule has 1 aliphatic heterocycles. The number of carbonyl (C=O) groups excluding carboxylic acids is 3. The average molecular weight is 413 g/mol. The number of ketones is 1. The van der Waals surface area contributed by atoms with Crippen molar-refractivity contribution in [1.29, 1.82) is 0 Å². The summed E-state index contributed by atoms with van der Waals surface area (Å²) in [5.41, 5.74) is 1.52. The molecule has 1 aromatic heterocycles. The molecule has 1 saturated carbocycles. The molecule has 1 saturated heterocycles. The number of hydrogen-bond donors (Lipinski definition) is 1. The number of rotatable bonds is 4. The number of halogens is 2. The van der Waals surface area contributed by atoms with Crippen molar-refractivity contribution in [3.05, 3.63) is 53.7 Å². The van der Waals surface area contributed by atoms with E-state index in [0.29, 0.717) is 5.56 Å². The highest BCUT2D eigenvalue weighted by Crippen LogP contribution is 2.41. The summed E-state index contributed by atoms with van der Waals surface area (Å²) in [4.78, 5) is 43.0. The lowest BCUT2D eigenvalue weighted by Crippen LogP contribution is -2.51. The van der Waals surface area contributed by atoms with Gasteiger partial charge >= 0.3 is 6.03 Å². The molecule has 2 aliphatic rings. The molecular formula is C22H21F2N3O3.